The molecule has 1 heterocycles. The van der Waals surface area contributed by atoms with Crippen LogP contribution in [0.1, 0.15) is 220 Å². The van der Waals surface area contributed by atoms with Gasteiger partial charge in [-0.25, -0.2) is 0 Å². The SMILES string of the molecule is CCCCCCCC(CCCCCCC)OC(=O)CCCN(CCCC(=O)OC(CCCCCCC)CCCCCCC)C(=O)SC1CCNCC1. The fraction of sp³-hybridized carbons (Fsp3) is 0.932. The van der Waals surface area contributed by atoms with Crippen molar-refractivity contribution in [1.29, 1.82) is 0 Å². The van der Waals surface area contributed by atoms with Gasteiger partial charge in [0.25, 0.3) is 5.24 Å². The van der Waals surface area contributed by atoms with Crippen molar-refractivity contribution in [3.63, 3.8) is 0 Å². The predicted molar refractivity (Wildman–Crippen MR) is 222 cm³/mol. The lowest BCUT2D eigenvalue weighted by Crippen LogP contribution is -2.35. The third kappa shape index (κ3) is 28.2. The van der Waals surface area contributed by atoms with Gasteiger partial charge in [-0.1, -0.05) is 142 Å². The number of carbonyl (C=O) groups excluding carboxylic acids is 3. The lowest BCUT2D eigenvalue weighted by molar-refractivity contribution is -0.150. The molecule has 1 saturated heterocycles. The first-order valence-corrected chi connectivity index (χ1v) is 23.4. The monoisotopic (exact) mass is 753 g/mol. The van der Waals surface area contributed by atoms with Gasteiger partial charge in [-0.15, -0.1) is 0 Å². The summed E-state index contributed by atoms with van der Waals surface area (Å²) in [6.07, 6.45) is 31.9. The average Bonchev–Trinajstić information content (AvgIpc) is 3.13. The van der Waals surface area contributed by atoms with Crippen molar-refractivity contribution < 1.29 is 23.9 Å². The quantitative estimate of drug-likeness (QED) is 0.0509. The maximum absolute atomic E-state index is 13.5. The smallest absolute Gasteiger partial charge is 0.306 e. The van der Waals surface area contributed by atoms with Crippen molar-refractivity contribution in [2.24, 2.45) is 0 Å². The Labute approximate surface area is 326 Å². The Bertz CT molecular complexity index is 772. The molecule has 0 saturated carbocycles. The average molecular weight is 753 g/mol. The van der Waals surface area contributed by atoms with Crippen molar-refractivity contribution in [3.8, 4) is 0 Å². The molecule has 0 aromatic rings. The zero-order valence-corrected chi connectivity index (χ0v) is 35.5. The molecule has 0 radical (unpaired) electrons. The van der Waals surface area contributed by atoms with Gasteiger partial charge in [0.1, 0.15) is 12.2 Å². The van der Waals surface area contributed by atoms with Crippen LogP contribution in [-0.4, -0.2) is 65.7 Å². The first kappa shape index (κ1) is 48.7. The molecule has 0 unspecified atom stereocenters. The molecule has 0 aromatic carbocycles. The highest BCUT2D eigenvalue weighted by molar-refractivity contribution is 8.14. The van der Waals surface area contributed by atoms with Crippen molar-refractivity contribution in [3.05, 3.63) is 0 Å². The maximum Gasteiger partial charge on any atom is 0.306 e. The minimum Gasteiger partial charge on any atom is -0.462 e. The molecule has 8 heteroatoms. The van der Waals surface area contributed by atoms with Gasteiger partial charge in [-0.2, -0.15) is 0 Å². The Balaban J connectivity index is 2.68. The van der Waals surface area contributed by atoms with Crippen molar-refractivity contribution in [2.75, 3.05) is 26.2 Å². The number of unbranched alkanes of at least 4 members (excludes halogenated alkanes) is 16. The summed E-state index contributed by atoms with van der Waals surface area (Å²) >= 11 is 1.44. The van der Waals surface area contributed by atoms with Crippen LogP contribution < -0.4 is 5.32 Å². The second-order valence-electron chi connectivity index (χ2n) is 15.6. The Morgan fingerprint density at radius 1 is 0.538 bits per heavy atom. The summed E-state index contributed by atoms with van der Waals surface area (Å²) in [7, 11) is 0. The molecule has 0 bridgehead atoms. The van der Waals surface area contributed by atoms with Crippen LogP contribution >= 0.6 is 11.8 Å². The second-order valence-corrected chi connectivity index (χ2v) is 16.8. The Morgan fingerprint density at radius 2 is 0.885 bits per heavy atom. The van der Waals surface area contributed by atoms with Crippen LogP contribution in [0.3, 0.4) is 0 Å². The largest absolute Gasteiger partial charge is 0.462 e. The van der Waals surface area contributed by atoms with E-state index in [1.165, 1.54) is 114 Å². The van der Waals surface area contributed by atoms with Gasteiger partial charge in [0.05, 0.1) is 0 Å². The van der Waals surface area contributed by atoms with Gasteiger partial charge >= 0.3 is 11.9 Å². The lowest BCUT2D eigenvalue weighted by Gasteiger charge is -2.27. The number of carbonyl (C=O) groups is 3. The van der Waals surface area contributed by atoms with Crippen LogP contribution in [0, 0.1) is 0 Å². The summed E-state index contributed by atoms with van der Waals surface area (Å²) in [5.41, 5.74) is 0. The van der Waals surface area contributed by atoms with Crippen LogP contribution in [0.4, 0.5) is 4.79 Å². The van der Waals surface area contributed by atoms with Crippen LogP contribution in [0.5, 0.6) is 0 Å². The molecule has 1 aliphatic rings. The van der Waals surface area contributed by atoms with Gasteiger partial charge < -0.3 is 19.7 Å². The molecule has 1 fully saturated rings. The van der Waals surface area contributed by atoms with E-state index in [4.69, 9.17) is 9.47 Å². The number of nitrogens with zero attached hydrogens (tertiary/aromatic N) is 1. The first-order valence-electron chi connectivity index (χ1n) is 22.5. The molecule has 0 aromatic heterocycles. The zero-order valence-electron chi connectivity index (χ0n) is 34.7. The number of hydrogen-bond donors (Lipinski definition) is 1. The summed E-state index contributed by atoms with van der Waals surface area (Å²) in [6, 6.07) is 0. The highest BCUT2D eigenvalue weighted by Crippen LogP contribution is 2.25. The van der Waals surface area contributed by atoms with E-state index < -0.39 is 0 Å². The Kier molecular flexibility index (Phi) is 33.2. The standard InChI is InChI=1S/C44H84N2O5S/c1-5-9-13-17-21-27-39(28-22-18-14-10-6-2)50-42(47)31-25-37-46(44(49)52-41-33-35-45-36-34-41)38-26-32-43(48)51-40(29-23-19-15-11-7-3)30-24-20-16-12-8-4/h39-41,45H,5-38H2,1-4H3. The Hall–Kier alpha value is -1.28. The second kappa shape index (κ2) is 35.4. The van der Waals surface area contributed by atoms with Crippen LogP contribution in [0.2, 0.25) is 0 Å². The number of esters is 2. The summed E-state index contributed by atoms with van der Waals surface area (Å²) in [5.74, 6) is -0.269. The normalized spacial score (nSPS) is 13.6. The van der Waals surface area contributed by atoms with E-state index in [1.54, 1.807) is 0 Å². The molecule has 1 rings (SSSR count). The first-order chi connectivity index (χ1) is 25.4. The van der Waals surface area contributed by atoms with Crippen molar-refractivity contribution >= 4 is 28.9 Å². The molecule has 1 amide bonds. The molecule has 1 N–H and O–H groups in total. The predicted octanol–water partition coefficient (Wildman–Crippen LogP) is 12.7. The molecule has 0 aliphatic carbocycles. The number of piperidine rings is 1. The van der Waals surface area contributed by atoms with Crippen LogP contribution in [-0.2, 0) is 19.1 Å². The number of thioether (sulfide) groups is 1. The number of rotatable bonds is 35. The molecular formula is C44H84N2O5S. The van der Waals surface area contributed by atoms with E-state index >= 15 is 0 Å². The van der Waals surface area contributed by atoms with Crippen molar-refractivity contribution in [2.45, 2.75) is 238 Å². The van der Waals surface area contributed by atoms with Crippen LogP contribution in [0.25, 0.3) is 0 Å². The highest BCUT2D eigenvalue weighted by atomic mass is 32.2. The highest BCUT2D eigenvalue weighted by Gasteiger charge is 2.23. The van der Waals surface area contributed by atoms with Crippen molar-refractivity contribution in [1.82, 2.24) is 10.2 Å². The van der Waals surface area contributed by atoms with E-state index in [9.17, 15) is 14.4 Å². The molecule has 0 atom stereocenters. The zero-order chi connectivity index (χ0) is 37.9. The number of nitrogens with one attached hydrogen (secondary N) is 1. The number of ether oxygens (including phenoxy) is 2. The van der Waals surface area contributed by atoms with Gasteiger partial charge in [0.2, 0.25) is 0 Å². The fourth-order valence-electron chi connectivity index (χ4n) is 7.17. The van der Waals surface area contributed by atoms with E-state index in [0.29, 0.717) is 44.0 Å². The fourth-order valence-corrected chi connectivity index (χ4v) is 8.26. The molecule has 306 valence electrons. The van der Waals surface area contributed by atoms with Gasteiger partial charge in [0.15, 0.2) is 0 Å². The third-order valence-corrected chi connectivity index (χ3v) is 11.8. The summed E-state index contributed by atoms with van der Waals surface area (Å²) in [6.45, 7) is 11.9. The number of amides is 1. The molecule has 0 spiro atoms. The third-order valence-electron chi connectivity index (χ3n) is 10.5. The minimum atomic E-state index is -0.135. The number of hydrogen-bond acceptors (Lipinski definition) is 7. The van der Waals surface area contributed by atoms with E-state index in [-0.39, 0.29) is 29.4 Å². The summed E-state index contributed by atoms with van der Waals surface area (Å²) in [4.78, 5) is 41.5. The van der Waals surface area contributed by atoms with E-state index in [0.717, 1.165) is 77.3 Å². The van der Waals surface area contributed by atoms with Gasteiger partial charge in [-0.05, 0) is 90.1 Å². The topological polar surface area (TPSA) is 84.9 Å². The van der Waals surface area contributed by atoms with Crippen LogP contribution in [0.15, 0.2) is 0 Å². The minimum absolute atomic E-state index is 0.00599. The van der Waals surface area contributed by atoms with E-state index in [2.05, 4.69) is 33.0 Å². The van der Waals surface area contributed by atoms with E-state index in [1.807, 2.05) is 4.90 Å². The Morgan fingerprint density at radius 3 is 1.23 bits per heavy atom. The maximum atomic E-state index is 13.5. The lowest BCUT2D eigenvalue weighted by atomic mass is 10.0. The molecule has 7 nitrogen and oxygen atoms in total. The molecular weight excluding hydrogens is 669 g/mol. The molecule has 52 heavy (non-hydrogen) atoms. The summed E-state index contributed by atoms with van der Waals surface area (Å²) < 4.78 is 12.1. The van der Waals surface area contributed by atoms with Gasteiger partial charge in [-0.3, -0.25) is 14.4 Å². The van der Waals surface area contributed by atoms with Gasteiger partial charge in [0, 0.05) is 31.2 Å². The summed E-state index contributed by atoms with van der Waals surface area (Å²) in [5, 5.41) is 3.78. The molecule has 1 aliphatic heterocycles.